The minimum Gasteiger partial charge on any atom is -0.489 e. The lowest BCUT2D eigenvalue weighted by atomic mass is 10.1. The summed E-state index contributed by atoms with van der Waals surface area (Å²) in [7, 11) is 0. The number of rotatable bonds is 6. The molecule has 0 atom stereocenters. The summed E-state index contributed by atoms with van der Waals surface area (Å²) < 4.78 is 5.83. The Bertz CT molecular complexity index is 664. The molecule has 0 radical (unpaired) electrons. The van der Waals surface area contributed by atoms with Crippen molar-refractivity contribution in [2.24, 2.45) is 0 Å². The van der Waals surface area contributed by atoms with Crippen LogP contribution in [0.5, 0.6) is 5.75 Å². The van der Waals surface area contributed by atoms with Gasteiger partial charge in [0, 0.05) is 12.6 Å². The molecule has 2 nitrogen and oxygen atoms in total. The summed E-state index contributed by atoms with van der Waals surface area (Å²) in [4.78, 5) is 0. The van der Waals surface area contributed by atoms with Gasteiger partial charge in [-0.3, -0.25) is 0 Å². The van der Waals surface area contributed by atoms with Crippen LogP contribution in [-0.2, 0) is 13.2 Å². The number of hydrogen-bond donors (Lipinski definition) is 1. The molecule has 25 heavy (non-hydrogen) atoms. The zero-order valence-electron chi connectivity index (χ0n) is 14.4. The second-order valence-electron chi connectivity index (χ2n) is 6.75. The van der Waals surface area contributed by atoms with E-state index >= 15 is 0 Å². The van der Waals surface area contributed by atoms with Gasteiger partial charge in [0.25, 0.3) is 0 Å². The number of hydrogen-bond acceptors (Lipinski definition) is 2. The van der Waals surface area contributed by atoms with Crippen LogP contribution in [0.2, 0.25) is 10.0 Å². The van der Waals surface area contributed by atoms with Crippen LogP contribution in [0.1, 0.15) is 49.7 Å². The fourth-order valence-electron chi connectivity index (χ4n) is 3.25. The first kappa shape index (κ1) is 18.6. The number of halogens is 2. The molecule has 0 bridgehead atoms. The van der Waals surface area contributed by atoms with Crippen LogP contribution in [0.4, 0.5) is 0 Å². The Balaban J connectivity index is 1.47. The average molecular weight is 378 g/mol. The third kappa shape index (κ3) is 5.91. The van der Waals surface area contributed by atoms with Gasteiger partial charge in [0.15, 0.2) is 0 Å². The van der Waals surface area contributed by atoms with E-state index in [2.05, 4.69) is 17.4 Å². The highest BCUT2D eigenvalue weighted by molar-refractivity contribution is 6.42. The molecule has 1 fully saturated rings. The molecule has 0 heterocycles. The molecule has 1 aliphatic carbocycles. The van der Waals surface area contributed by atoms with Crippen molar-refractivity contribution in [3.63, 3.8) is 0 Å². The highest BCUT2D eigenvalue weighted by atomic mass is 35.5. The first-order chi connectivity index (χ1) is 12.2. The molecule has 0 aromatic heterocycles. The van der Waals surface area contributed by atoms with Crippen molar-refractivity contribution in [3.05, 3.63) is 63.6 Å². The fourth-order valence-corrected chi connectivity index (χ4v) is 3.57. The lowest BCUT2D eigenvalue weighted by molar-refractivity contribution is 0.306. The minimum atomic E-state index is 0.483. The maximum atomic E-state index is 6.03. The van der Waals surface area contributed by atoms with Gasteiger partial charge in [-0.25, -0.2) is 0 Å². The van der Waals surface area contributed by atoms with Crippen LogP contribution in [0.3, 0.4) is 0 Å². The van der Waals surface area contributed by atoms with Gasteiger partial charge < -0.3 is 10.1 Å². The molecule has 1 aliphatic rings. The Labute approximate surface area is 160 Å². The van der Waals surface area contributed by atoms with Gasteiger partial charge in [0.05, 0.1) is 10.0 Å². The van der Waals surface area contributed by atoms with Gasteiger partial charge >= 0.3 is 0 Å². The molecule has 1 N–H and O–H groups in total. The third-order valence-corrected chi connectivity index (χ3v) is 5.50. The first-order valence-electron chi connectivity index (χ1n) is 9.10. The average Bonchev–Trinajstić information content (AvgIpc) is 2.91. The summed E-state index contributed by atoms with van der Waals surface area (Å²) in [5.41, 5.74) is 2.31. The van der Waals surface area contributed by atoms with Crippen LogP contribution in [-0.4, -0.2) is 6.04 Å². The van der Waals surface area contributed by atoms with Gasteiger partial charge in [-0.05, 0) is 48.2 Å². The van der Waals surface area contributed by atoms with E-state index in [1.165, 1.54) is 44.1 Å². The van der Waals surface area contributed by atoms with Gasteiger partial charge in [0.1, 0.15) is 12.4 Å². The van der Waals surface area contributed by atoms with Crippen molar-refractivity contribution in [3.8, 4) is 5.75 Å². The van der Waals surface area contributed by atoms with E-state index in [0.29, 0.717) is 22.7 Å². The second-order valence-corrected chi connectivity index (χ2v) is 7.56. The zero-order chi connectivity index (χ0) is 17.5. The van der Waals surface area contributed by atoms with Crippen LogP contribution < -0.4 is 10.1 Å². The van der Waals surface area contributed by atoms with E-state index < -0.39 is 0 Å². The summed E-state index contributed by atoms with van der Waals surface area (Å²) in [6.45, 7) is 1.41. The standard InChI is InChI=1S/C21H25Cl2NO/c22-20-12-9-17(13-21(20)23)15-25-19-10-7-16(8-11-19)14-24-18-5-3-1-2-4-6-18/h7-13,18,24H,1-6,14-15H2. The predicted octanol–water partition coefficient (Wildman–Crippen LogP) is 6.38. The summed E-state index contributed by atoms with van der Waals surface area (Å²) >= 11 is 12.0. The molecule has 134 valence electrons. The van der Waals surface area contributed by atoms with Crippen LogP contribution >= 0.6 is 23.2 Å². The van der Waals surface area contributed by atoms with Gasteiger partial charge in [-0.1, -0.05) is 67.1 Å². The summed E-state index contributed by atoms with van der Waals surface area (Å²) in [5.74, 6) is 0.865. The molecule has 2 aromatic rings. The van der Waals surface area contributed by atoms with E-state index in [-0.39, 0.29) is 0 Å². The number of ether oxygens (including phenoxy) is 1. The van der Waals surface area contributed by atoms with E-state index in [0.717, 1.165) is 17.9 Å². The molecule has 2 aromatic carbocycles. The highest BCUT2D eigenvalue weighted by Gasteiger charge is 2.11. The minimum absolute atomic E-state index is 0.483. The largest absolute Gasteiger partial charge is 0.489 e. The Kier molecular flexibility index (Phi) is 7.03. The number of benzene rings is 2. The van der Waals surface area contributed by atoms with Gasteiger partial charge in [-0.2, -0.15) is 0 Å². The normalized spacial score (nSPS) is 15.8. The highest BCUT2D eigenvalue weighted by Crippen LogP contribution is 2.23. The van der Waals surface area contributed by atoms with Crippen molar-refractivity contribution < 1.29 is 4.74 Å². The monoisotopic (exact) mass is 377 g/mol. The van der Waals surface area contributed by atoms with E-state index in [1.54, 1.807) is 6.07 Å². The Hall–Kier alpha value is -1.22. The fraction of sp³-hybridized carbons (Fsp3) is 0.429. The maximum Gasteiger partial charge on any atom is 0.119 e. The molecule has 4 heteroatoms. The zero-order valence-corrected chi connectivity index (χ0v) is 16.0. The summed E-state index contributed by atoms with van der Waals surface area (Å²) in [6.07, 6.45) is 8.13. The Morgan fingerprint density at radius 2 is 1.52 bits per heavy atom. The van der Waals surface area contributed by atoms with E-state index in [4.69, 9.17) is 27.9 Å². The second kappa shape index (κ2) is 9.47. The lowest BCUT2D eigenvalue weighted by Gasteiger charge is -2.16. The topological polar surface area (TPSA) is 21.3 Å². The number of nitrogens with one attached hydrogen (secondary N) is 1. The van der Waals surface area contributed by atoms with Crippen molar-refractivity contribution >= 4 is 23.2 Å². The molecule has 1 saturated carbocycles. The van der Waals surface area contributed by atoms with Crippen LogP contribution in [0, 0.1) is 0 Å². The summed E-state index contributed by atoms with van der Waals surface area (Å²) in [5, 5.41) is 4.82. The Morgan fingerprint density at radius 1 is 0.840 bits per heavy atom. The van der Waals surface area contributed by atoms with Crippen molar-refractivity contribution in [1.82, 2.24) is 5.32 Å². The maximum absolute atomic E-state index is 6.03. The van der Waals surface area contributed by atoms with E-state index in [9.17, 15) is 0 Å². The van der Waals surface area contributed by atoms with Crippen molar-refractivity contribution in [2.45, 2.75) is 57.7 Å². The third-order valence-electron chi connectivity index (χ3n) is 4.76. The molecule has 0 saturated heterocycles. The Morgan fingerprint density at radius 3 is 2.20 bits per heavy atom. The van der Waals surface area contributed by atoms with E-state index in [1.807, 2.05) is 24.3 Å². The predicted molar refractivity (Wildman–Crippen MR) is 106 cm³/mol. The molecule has 0 aliphatic heterocycles. The first-order valence-corrected chi connectivity index (χ1v) is 9.85. The quantitative estimate of drug-likeness (QED) is 0.589. The van der Waals surface area contributed by atoms with Gasteiger partial charge in [0.2, 0.25) is 0 Å². The summed E-state index contributed by atoms with van der Waals surface area (Å²) in [6, 6.07) is 14.6. The molecule has 0 amide bonds. The molecular formula is C21H25Cl2NO. The smallest absolute Gasteiger partial charge is 0.119 e. The lowest BCUT2D eigenvalue weighted by Crippen LogP contribution is -2.27. The van der Waals surface area contributed by atoms with Crippen molar-refractivity contribution in [1.29, 1.82) is 0 Å². The van der Waals surface area contributed by atoms with Crippen LogP contribution in [0.15, 0.2) is 42.5 Å². The molecule has 0 spiro atoms. The molecule has 3 rings (SSSR count). The molecular weight excluding hydrogens is 353 g/mol. The van der Waals surface area contributed by atoms with Gasteiger partial charge in [-0.15, -0.1) is 0 Å². The SMILES string of the molecule is Clc1ccc(COc2ccc(CNC3CCCCCC3)cc2)cc1Cl. The van der Waals surface area contributed by atoms with Crippen LogP contribution in [0.25, 0.3) is 0 Å². The molecule has 0 unspecified atom stereocenters. The van der Waals surface area contributed by atoms with Crippen molar-refractivity contribution in [2.75, 3.05) is 0 Å².